The number of amides is 1. The molecule has 0 bridgehead atoms. The second-order valence-electron chi connectivity index (χ2n) is 6.73. The number of nitrogens with one attached hydrogen (secondary N) is 1. The summed E-state index contributed by atoms with van der Waals surface area (Å²) in [5.41, 5.74) is 6.64. The Hall–Kier alpha value is -1.59. The second kappa shape index (κ2) is 10.3. The van der Waals surface area contributed by atoms with Crippen molar-refractivity contribution in [1.82, 2.24) is 5.32 Å². The smallest absolute Gasteiger partial charge is 0.311 e. The van der Waals surface area contributed by atoms with Crippen LogP contribution in [0.25, 0.3) is 0 Å². The average Bonchev–Trinajstić information content (AvgIpc) is 2.50. The fraction of sp³-hybridized carbons (Fsp3) is 0.556. The first-order valence-corrected chi connectivity index (χ1v) is 7.99. The molecule has 1 rings (SSSR count). The fourth-order valence-corrected chi connectivity index (χ4v) is 2.12. The Morgan fingerprint density at radius 3 is 2.29 bits per heavy atom. The largest absolute Gasteiger partial charge is 0.466 e. The number of carbonyl (C=O) groups excluding carboxylic acids is 2. The van der Waals surface area contributed by atoms with Crippen molar-refractivity contribution in [2.24, 2.45) is 17.1 Å². The minimum Gasteiger partial charge on any atom is -0.466 e. The van der Waals surface area contributed by atoms with Crippen LogP contribution in [-0.4, -0.2) is 31.1 Å². The number of halogens is 1. The fourth-order valence-electron chi connectivity index (χ4n) is 2.12. The normalized spacial score (nSPS) is 13.4. The number of ether oxygens (including phenoxy) is 1. The monoisotopic (exact) mass is 356 g/mol. The molecule has 0 aliphatic carbocycles. The standard InChI is InChI=1S/C18H28N2O3.ClH/c1-5-23-17(22)14(11-13-9-7-6-8-10-13)12-20-16(21)15(19)18(2,3)4;/h6-10,14-15H,5,11-12,19H2,1-4H3,(H,20,21);1H/t14?,15-;/m1./s1. The summed E-state index contributed by atoms with van der Waals surface area (Å²) in [5.74, 6) is -0.977. The third-order valence-electron chi connectivity index (χ3n) is 3.68. The number of hydrogen-bond acceptors (Lipinski definition) is 4. The van der Waals surface area contributed by atoms with E-state index in [9.17, 15) is 9.59 Å². The lowest BCUT2D eigenvalue weighted by atomic mass is 9.87. The van der Waals surface area contributed by atoms with Gasteiger partial charge in [-0.25, -0.2) is 0 Å². The summed E-state index contributed by atoms with van der Waals surface area (Å²) in [6.45, 7) is 8.03. The Labute approximate surface area is 150 Å². The summed E-state index contributed by atoms with van der Waals surface area (Å²) < 4.78 is 5.11. The van der Waals surface area contributed by atoms with Gasteiger partial charge in [-0.15, -0.1) is 12.4 Å². The Kier molecular flexibility index (Phi) is 9.63. The second-order valence-corrected chi connectivity index (χ2v) is 6.73. The first-order valence-electron chi connectivity index (χ1n) is 7.99. The van der Waals surface area contributed by atoms with Gasteiger partial charge in [0.2, 0.25) is 5.91 Å². The molecule has 1 aromatic rings. The van der Waals surface area contributed by atoms with Crippen molar-refractivity contribution in [3.05, 3.63) is 35.9 Å². The van der Waals surface area contributed by atoms with Gasteiger partial charge in [0.1, 0.15) is 0 Å². The summed E-state index contributed by atoms with van der Waals surface area (Å²) in [7, 11) is 0. The molecule has 0 spiro atoms. The van der Waals surface area contributed by atoms with E-state index >= 15 is 0 Å². The zero-order valence-corrected chi connectivity index (χ0v) is 15.7. The highest BCUT2D eigenvalue weighted by atomic mass is 35.5. The van der Waals surface area contributed by atoms with E-state index in [0.29, 0.717) is 13.0 Å². The molecule has 0 saturated heterocycles. The molecule has 2 atom stereocenters. The predicted octanol–water partition coefficient (Wildman–Crippen LogP) is 2.32. The zero-order chi connectivity index (χ0) is 17.5. The number of nitrogens with two attached hydrogens (primary N) is 1. The summed E-state index contributed by atoms with van der Waals surface area (Å²) >= 11 is 0. The van der Waals surface area contributed by atoms with Crippen LogP contribution in [-0.2, 0) is 20.7 Å². The van der Waals surface area contributed by atoms with Crippen molar-refractivity contribution < 1.29 is 14.3 Å². The van der Waals surface area contributed by atoms with Gasteiger partial charge in [0, 0.05) is 6.54 Å². The van der Waals surface area contributed by atoms with E-state index in [1.54, 1.807) is 6.92 Å². The molecule has 0 fully saturated rings. The topological polar surface area (TPSA) is 81.4 Å². The van der Waals surface area contributed by atoms with E-state index in [1.165, 1.54) is 0 Å². The third kappa shape index (κ3) is 7.32. The Bertz CT molecular complexity index is 515. The molecular weight excluding hydrogens is 328 g/mol. The van der Waals surface area contributed by atoms with Crippen molar-refractivity contribution in [3.8, 4) is 0 Å². The molecule has 0 aliphatic rings. The van der Waals surface area contributed by atoms with Crippen molar-refractivity contribution in [1.29, 1.82) is 0 Å². The first-order chi connectivity index (χ1) is 10.8. The highest BCUT2D eigenvalue weighted by Gasteiger charge is 2.29. The number of esters is 1. The van der Waals surface area contributed by atoms with Crippen molar-refractivity contribution in [3.63, 3.8) is 0 Å². The molecule has 6 heteroatoms. The summed E-state index contributed by atoms with van der Waals surface area (Å²) in [5, 5.41) is 2.78. The number of rotatable bonds is 7. The van der Waals surface area contributed by atoms with Crippen LogP contribution in [0.1, 0.15) is 33.3 Å². The highest BCUT2D eigenvalue weighted by Crippen LogP contribution is 2.17. The Morgan fingerprint density at radius 1 is 1.21 bits per heavy atom. The molecule has 5 nitrogen and oxygen atoms in total. The maximum atomic E-state index is 12.1. The van der Waals surface area contributed by atoms with Gasteiger partial charge in [-0.2, -0.15) is 0 Å². The first kappa shape index (κ1) is 22.4. The van der Waals surface area contributed by atoms with E-state index in [4.69, 9.17) is 10.5 Å². The summed E-state index contributed by atoms with van der Waals surface area (Å²) in [6.07, 6.45) is 0.519. The molecule has 0 heterocycles. The Morgan fingerprint density at radius 2 is 1.79 bits per heavy atom. The van der Waals surface area contributed by atoms with E-state index in [0.717, 1.165) is 5.56 Å². The average molecular weight is 357 g/mol. The predicted molar refractivity (Wildman–Crippen MR) is 98.0 cm³/mol. The van der Waals surface area contributed by atoms with Crippen molar-refractivity contribution in [2.45, 2.75) is 40.2 Å². The lowest BCUT2D eigenvalue weighted by molar-refractivity contribution is -0.147. The SMILES string of the molecule is CCOC(=O)C(CNC(=O)[C@@H](N)C(C)(C)C)Cc1ccccc1.Cl. The van der Waals surface area contributed by atoms with Gasteiger partial charge in [-0.05, 0) is 24.3 Å². The minimum absolute atomic E-state index is 0. The van der Waals surface area contributed by atoms with Gasteiger partial charge >= 0.3 is 5.97 Å². The van der Waals surface area contributed by atoms with Gasteiger partial charge in [0.25, 0.3) is 0 Å². The van der Waals surface area contributed by atoms with Gasteiger partial charge in [-0.3, -0.25) is 9.59 Å². The van der Waals surface area contributed by atoms with Gasteiger partial charge < -0.3 is 15.8 Å². The van der Waals surface area contributed by atoms with E-state index in [1.807, 2.05) is 51.1 Å². The Balaban J connectivity index is 0.00000529. The van der Waals surface area contributed by atoms with Gasteiger partial charge in [-0.1, -0.05) is 51.1 Å². The molecule has 1 unspecified atom stereocenters. The van der Waals surface area contributed by atoms with Crippen LogP contribution in [0.2, 0.25) is 0 Å². The van der Waals surface area contributed by atoms with Crippen LogP contribution in [0, 0.1) is 11.3 Å². The molecule has 24 heavy (non-hydrogen) atoms. The quantitative estimate of drug-likeness (QED) is 0.734. The third-order valence-corrected chi connectivity index (χ3v) is 3.68. The molecule has 0 saturated carbocycles. The maximum absolute atomic E-state index is 12.1. The molecule has 0 aliphatic heterocycles. The molecule has 3 N–H and O–H groups in total. The van der Waals surface area contributed by atoms with Crippen LogP contribution in [0.15, 0.2) is 30.3 Å². The van der Waals surface area contributed by atoms with E-state index in [-0.39, 0.29) is 36.2 Å². The summed E-state index contributed by atoms with van der Waals surface area (Å²) in [6, 6.07) is 9.05. The van der Waals surface area contributed by atoms with Crippen LogP contribution in [0.5, 0.6) is 0 Å². The molecule has 0 aromatic heterocycles. The van der Waals surface area contributed by atoms with Crippen LogP contribution < -0.4 is 11.1 Å². The lowest BCUT2D eigenvalue weighted by Gasteiger charge is -2.26. The zero-order valence-electron chi connectivity index (χ0n) is 14.9. The van der Waals surface area contributed by atoms with Gasteiger partial charge in [0.15, 0.2) is 0 Å². The number of carbonyl (C=O) groups is 2. The lowest BCUT2D eigenvalue weighted by Crippen LogP contribution is -2.50. The molecule has 0 radical (unpaired) electrons. The molecule has 136 valence electrons. The summed E-state index contributed by atoms with van der Waals surface area (Å²) in [4.78, 5) is 24.3. The van der Waals surface area contributed by atoms with Gasteiger partial charge in [0.05, 0.1) is 18.6 Å². The number of hydrogen-bond donors (Lipinski definition) is 2. The van der Waals surface area contributed by atoms with Crippen molar-refractivity contribution in [2.75, 3.05) is 13.2 Å². The van der Waals surface area contributed by atoms with Crippen LogP contribution >= 0.6 is 12.4 Å². The molecule has 1 amide bonds. The van der Waals surface area contributed by atoms with Crippen molar-refractivity contribution >= 4 is 24.3 Å². The molecular formula is C18H29ClN2O3. The maximum Gasteiger partial charge on any atom is 0.311 e. The van der Waals surface area contributed by atoms with E-state index < -0.39 is 12.0 Å². The van der Waals surface area contributed by atoms with Crippen LogP contribution in [0.3, 0.4) is 0 Å². The molecule has 1 aromatic carbocycles. The van der Waals surface area contributed by atoms with Crippen LogP contribution in [0.4, 0.5) is 0 Å². The van der Waals surface area contributed by atoms with E-state index in [2.05, 4.69) is 5.32 Å². The number of benzene rings is 1. The highest BCUT2D eigenvalue weighted by molar-refractivity contribution is 5.85. The minimum atomic E-state index is -0.623.